The third kappa shape index (κ3) is 2.79. The van der Waals surface area contributed by atoms with Crippen LogP contribution < -0.4 is 10.6 Å². The molecule has 2 N–H and O–H groups in total. The zero-order valence-electron chi connectivity index (χ0n) is 11.8. The fraction of sp³-hybridized carbons (Fsp3) is 0.176. The van der Waals surface area contributed by atoms with Crippen LogP contribution in [0.1, 0.15) is 31.8 Å². The molecule has 1 heterocycles. The summed E-state index contributed by atoms with van der Waals surface area (Å²) in [4.78, 5) is 24.0. The van der Waals surface area contributed by atoms with Gasteiger partial charge in [0.1, 0.15) is 0 Å². The Morgan fingerprint density at radius 1 is 1.19 bits per heavy atom. The number of hydrogen-bond acceptors (Lipinski definition) is 2. The van der Waals surface area contributed by atoms with Crippen molar-refractivity contribution in [3.05, 3.63) is 64.7 Å². The molecule has 0 aromatic heterocycles. The van der Waals surface area contributed by atoms with E-state index >= 15 is 0 Å². The number of amides is 2. The van der Waals surface area contributed by atoms with E-state index in [-0.39, 0.29) is 11.8 Å². The molecule has 0 atom stereocenters. The van der Waals surface area contributed by atoms with Crippen LogP contribution in [0.3, 0.4) is 0 Å². The Balaban J connectivity index is 1.84. The second-order valence-electron chi connectivity index (χ2n) is 5.20. The van der Waals surface area contributed by atoms with Gasteiger partial charge in [0.15, 0.2) is 0 Å². The Hall–Kier alpha value is -2.62. The van der Waals surface area contributed by atoms with Crippen LogP contribution in [0.5, 0.6) is 0 Å². The molecule has 21 heavy (non-hydrogen) atoms. The lowest BCUT2D eigenvalue weighted by Gasteiger charge is -2.17. The Morgan fingerprint density at radius 2 is 2.05 bits per heavy atom. The van der Waals surface area contributed by atoms with Gasteiger partial charge in [-0.2, -0.15) is 0 Å². The van der Waals surface area contributed by atoms with Gasteiger partial charge in [-0.1, -0.05) is 23.8 Å². The highest BCUT2D eigenvalue weighted by Gasteiger charge is 2.17. The maximum atomic E-state index is 12.2. The molecule has 0 aliphatic carbocycles. The second kappa shape index (κ2) is 5.40. The zero-order chi connectivity index (χ0) is 14.8. The van der Waals surface area contributed by atoms with E-state index in [2.05, 4.69) is 10.6 Å². The monoisotopic (exact) mass is 280 g/mol. The average Bonchev–Trinajstić information content (AvgIpc) is 2.48. The number of hydrogen-bond donors (Lipinski definition) is 2. The van der Waals surface area contributed by atoms with E-state index in [4.69, 9.17) is 0 Å². The molecule has 0 radical (unpaired) electrons. The molecule has 0 saturated heterocycles. The molecular weight excluding hydrogens is 264 g/mol. The topological polar surface area (TPSA) is 58.2 Å². The smallest absolute Gasteiger partial charge is 0.255 e. The molecule has 2 aromatic carbocycles. The average molecular weight is 280 g/mol. The van der Waals surface area contributed by atoms with Crippen molar-refractivity contribution < 1.29 is 9.59 Å². The van der Waals surface area contributed by atoms with Gasteiger partial charge in [-0.25, -0.2) is 0 Å². The van der Waals surface area contributed by atoms with Gasteiger partial charge in [0.2, 0.25) is 0 Å². The summed E-state index contributed by atoms with van der Waals surface area (Å²) < 4.78 is 0. The maximum Gasteiger partial charge on any atom is 0.255 e. The summed E-state index contributed by atoms with van der Waals surface area (Å²) in [6.07, 6.45) is 0.827. The van der Waals surface area contributed by atoms with E-state index in [0.29, 0.717) is 23.4 Å². The fourth-order valence-corrected chi connectivity index (χ4v) is 2.48. The predicted octanol–water partition coefficient (Wildman–Crippen LogP) is 2.53. The Morgan fingerprint density at radius 3 is 2.86 bits per heavy atom. The van der Waals surface area contributed by atoms with Gasteiger partial charge >= 0.3 is 0 Å². The highest BCUT2D eigenvalue weighted by atomic mass is 16.2. The van der Waals surface area contributed by atoms with Crippen LogP contribution in [-0.2, 0) is 6.42 Å². The molecule has 0 spiro atoms. The number of carbonyl (C=O) groups is 2. The number of carbonyl (C=O) groups excluding carboxylic acids is 2. The summed E-state index contributed by atoms with van der Waals surface area (Å²) >= 11 is 0. The van der Waals surface area contributed by atoms with Crippen LogP contribution in [0, 0.1) is 6.92 Å². The van der Waals surface area contributed by atoms with E-state index in [1.54, 1.807) is 12.1 Å². The summed E-state index contributed by atoms with van der Waals surface area (Å²) in [6.45, 7) is 2.61. The highest BCUT2D eigenvalue weighted by Crippen LogP contribution is 2.19. The summed E-state index contributed by atoms with van der Waals surface area (Å²) in [6, 6.07) is 12.9. The normalized spacial score (nSPS) is 13.3. The van der Waals surface area contributed by atoms with Crippen molar-refractivity contribution in [3.8, 4) is 0 Å². The first-order valence-corrected chi connectivity index (χ1v) is 6.92. The lowest BCUT2D eigenvalue weighted by atomic mass is 9.99. The van der Waals surface area contributed by atoms with Gasteiger partial charge in [0, 0.05) is 23.4 Å². The number of rotatable bonds is 2. The number of anilines is 1. The standard InChI is InChI=1S/C17H16N2O2/c1-11-3-2-4-13(9-11)16(20)19-14-6-5-12-7-8-18-17(21)15(12)10-14/h2-6,9-10H,7-8H2,1H3,(H,18,21)(H,19,20). The molecule has 1 aliphatic heterocycles. The van der Waals surface area contributed by atoms with E-state index in [0.717, 1.165) is 17.5 Å². The van der Waals surface area contributed by atoms with Crippen LogP contribution in [0.15, 0.2) is 42.5 Å². The molecule has 106 valence electrons. The Bertz CT molecular complexity index is 722. The van der Waals surface area contributed by atoms with Gasteiger partial charge in [0.05, 0.1) is 0 Å². The predicted molar refractivity (Wildman–Crippen MR) is 81.6 cm³/mol. The first kappa shape index (κ1) is 13.4. The second-order valence-corrected chi connectivity index (χ2v) is 5.20. The van der Waals surface area contributed by atoms with Gasteiger partial charge in [0.25, 0.3) is 11.8 Å². The Kier molecular flexibility index (Phi) is 3.44. The highest BCUT2D eigenvalue weighted by molar-refractivity contribution is 6.05. The molecule has 4 heteroatoms. The van der Waals surface area contributed by atoms with Crippen molar-refractivity contribution in [1.82, 2.24) is 5.32 Å². The molecule has 3 rings (SSSR count). The molecule has 0 bridgehead atoms. The minimum absolute atomic E-state index is 0.0806. The number of aryl methyl sites for hydroxylation is 1. The number of nitrogens with one attached hydrogen (secondary N) is 2. The van der Waals surface area contributed by atoms with Crippen LogP contribution >= 0.6 is 0 Å². The van der Waals surface area contributed by atoms with E-state index in [1.165, 1.54) is 0 Å². The van der Waals surface area contributed by atoms with Crippen LogP contribution in [-0.4, -0.2) is 18.4 Å². The fourth-order valence-electron chi connectivity index (χ4n) is 2.48. The molecule has 0 unspecified atom stereocenters. The largest absolute Gasteiger partial charge is 0.352 e. The van der Waals surface area contributed by atoms with E-state index in [1.807, 2.05) is 37.3 Å². The SMILES string of the molecule is Cc1cccc(C(=O)Nc2ccc3c(c2)C(=O)NCC3)c1. The number of benzene rings is 2. The first-order chi connectivity index (χ1) is 10.1. The van der Waals surface area contributed by atoms with Crippen molar-refractivity contribution in [2.75, 3.05) is 11.9 Å². The first-order valence-electron chi connectivity index (χ1n) is 6.92. The van der Waals surface area contributed by atoms with Crippen LogP contribution in [0.4, 0.5) is 5.69 Å². The van der Waals surface area contributed by atoms with Gasteiger partial charge < -0.3 is 10.6 Å². The van der Waals surface area contributed by atoms with Crippen molar-refractivity contribution in [2.24, 2.45) is 0 Å². The summed E-state index contributed by atoms with van der Waals surface area (Å²) in [5.74, 6) is -0.252. The van der Waals surface area contributed by atoms with Gasteiger partial charge in [-0.3, -0.25) is 9.59 Å². The third-order valence-corrected chi connectivity index (χ3v) is 3.57. The van der Waals surface area contributed by atoms with Crippen LogP contribution in [0.25, 0.3) is 0 Å². The van der Waals surface area contributed by atoms with Crippen molar-refractivity contribution in [1.29, 1.82) is 0 Å². The van der Waals surface area contributed by atoms with Crippen molar-refractivity contribution >= 4 is 17.5 Å². The molecule has 2 amide bonds. The molecule has 1 aliphatic rings. The number of fused-ring (bicyclic) bond motifs is 1. The van der Waals surface area contributed by atoms with Gasteiger partial charge in [-0.05, 0) is 43.2 Å². The quantitative estimate of drug-likeness (QED) is 0.888. The Labute approximate surface area is 123 Å². The van der Waals surface area contributed by atoms with Crippen LogP contribution in [0.2, 0.25) is 0 Å². The summed E-state index contributed by atoms with van der Waals surface area (Å²) in [5, 5.41) is 5.64. The summed E-state index contributed by atoms with van der Waals surface area (Å²) in [7, 11) is 0. The van der Waals surface area contributed by atoms with E-state index in [9.17, 15) is 9.59 Å². The van der Waals surface area contributed by atoms with Crippen molar-refractivity contribution in [3.63, 3.8) is 0 Å². The minimum atomic E-state index is -0.171. The maximum absolute atomic E-state index is 12.2. The lowest BCUT2D eigenvalue weighted by Crippen LogP contribution is -2.31. The molecular formula is C17H16N2O2. The summed E-state index contributed by atoms with van der Waals surface area (Å²) in [5.41, 5.74) is 3.94. The molecule has 0 fully saturated rings. The lowest BCUT2D eigenvalue weighted by molar-refractivity contribution is 0.0944. The minimum Gasteiger partial charge on any atom is -0.352 e. The zero-order valence-corrected chi connectivity index (χ0v) is 11.8. The molecule has 2 aromatic rings. The van der Waals surface area contributed by atoms with E-state index < -0.39 is 0 Å². The van der Waals surface area contributed by atoms with Crippen molar-refractivity contribution in [2.45, 2.75) is 13.3 Å². The molecule has 4 nitrogen and oxygen atoms in total. The molecule has 0 saturated carbocycles. The third-order valence-electron chi connectivity index (χ3n) is 3.57. The van der Waals surface area contributed by atoms with Gasteiger partial charge in [-0.15, -0.1) is 0 Å².